The Balaban J connectivity index is 2.58. The molecule has 10 heteroatoms. The fourth-order valence-electron chi connectivity index (χ4n) is 4.29. The number of benzene rings is 1. The molecule has 2 atom stereocenters. The molecule has 0 fully saturated rings. The Hall–Kier alpha value is -3.14. The van der Waals surface area contributed by atoms with Crippen molar-refractivity contribution < 1.29 is 38.1 Å². The van der Waals surface area contributed by atoms with Crippen molar-refractivity contribution in [3.63, 3.8) is 0 Å². The maximum absolute atomic E-state index is 13.1. The maximum Gasteiger partial charge on any atom is 0.408 e. The second-order valence-electron chi connectivity index (χ2n) is 11.8. The van der Waals surface area contributed by atoms with Gasteiger partial charge in [0.2, 0.25) is 5.91 Å². The molecule has 3 N–H and O–H groups in total. The van der Waals surface area contributed by atoms with Crippen LogP contribution in [-0.4, -0.2) is 54.9 Å². The van der Waals surface area contributed by atoms with Gasteiger partial charge < -0.3 is 30.0 Å². The summed E-state index contributed by atoms with van der Waals surface area (Å²) in [4.78, 5) is 49.5. The van der Waals surface area contributed by atoms with E-state index in [0.717, 1.165) is 18.4 Å². The van der Waals surface area contributed by atoms with Crippen LogP contribution in [0.1, 0.15) is 117 Å². The van der Waals surface area contributed by atoms with E-state index in [9.17, 15) is 19.2 Å². The Kier molecular flexibility index (Phi) is 19.7. The molecule has 1 aromatic rings. The van der Waals surface area contributed by atoms with E-state index in [0.29, 0.717) is 13.2 Å². The quantitative estimate of drug-likeness (QED) is 0.0861. The third-order valence-electron chi connectivity index (χ3n) is 6.53. The Morgan fingerprint density at radius 2 is 1.51 bits per heavy atom. The molecule has 0 unspecified atom stereocenters. The van der Waals surface area contributed by atoms with E-state index in [4.69, 9.17) is 24.7 Å². The van der Waals surface area contributed by atoms with E-state index in [-0.39, 0.29) is 38.7 Å². The second kappa shape index (κ2) is 22.4. The second-order valence-corrected chi connectivity index (χ2v) is 11.8. The van der Waals surface area contributed by atoms with Gasteiger partial charge >= 0.3 is 18.0 Å². The van der Waals surface area contributed by atoms with E-state index in [2.05, 4.69) is 12.2 Å². The minimum absolute atomic E-state index is 0.0455. The van der Waals surface area contributed by atoms with E-state index < -0.39 is 41.7 Å². The van der Waals surface area contributed by atoms with Gasteiger partial charge in [-0.2, -0.15) is 0 Å². The van der Waals surface area contributed by atoms with Crippen molar-refractivity contribution in [2.75, 3.05) is 13.2 Å². The monoisotopic (exact) mass is 606 g/mol. The van der Waals surface area contributed by atoms with Crippen molar-refractivity contribution in [3.05, 3.63) is 35.9 Å². The zero-order valence-electron chi connectivity index (χ0n) is 26.7. The minimum atomic E-state index is -1.09. The highest BCUT2D eigenvalue weighted by Gasteiger charge is 2.28. The molecule has 10 nitrogen and oxygen atoms in total. The summed E-state index contributed by atoms with van der Waals surface area (Å²) in [5.74, 6) is -1.77. The van der Waals surface area contributed by atoms with Crippen LogP contribution in [0.4, 0.5) is 4.79 Å². The third kappa shape index (κ3) is 21.2. The van der Waals surface area contributed by atoms with Crippen LogP contribution in [0.5, 0.6) is 0 Å². The van der Waals surface area contributed by atoms with Crippen molar-refractivity contribution in [1.82, 2.24) is 5.32 Å². The normalized spacial score (nSPS) is 12.7. The summed E-state index contributed by atoms with van der Waals surface area (Å²) in [5, 5.41) is 2.54. The highest BCUT2D eigenvalue weighted by Crippen LogP contribution is 2.14. The van der Waals surface area contributed by atoms with Gasteiger partial charge in [0.1, 0.15) is 24.4 Å². The lowest BCUT2D eigenvalue weighted by Crippen LogP contribution is -2.45. The molecule has 43 heavy (non-hydrogen) atoms. The summed E-state index contributed by atoms with van der Waals surface area (Å²) in [6.45, 7) is 8.38. The standard InChI is InChI=1S/C33H54N2O8/c1-5-6-7-8-9-10-11-15-22-40-23-21-27(24-29(34)36)42-31(38)28(35-32(39)43-33(2,3)4)19-16-20-30(37)41-25-26-17-13-12-14-18-26/h12-14,17-18,27-28H,5-11,15-16,19-25H2,1-4H3,(H2,34,36)(H,35,39)/t27-,28-/m0/s1. The SMILES string of the molecule is CCCCCCCCCCOCC[C@@H](CC(N)=O)OC(=O)[C@H](CCCC(=O)OCc1ccccc1)NC(=O)OC(C)(C)C. The van der Waals surface area contributed by atoms with Gasteiger partial charge in [0.05, 0.1) is 13.0 Å². The largest absolute Gasteiger partial charge is 0.461 e. The van der Waals surface area contributed by atoms with E-state index in [1.54, 1.807) is 20.8 Å². The lowest BCUT2D eigenvalue weighted by Gasteiger charge is -2.24. The number of nitrogens with one attached hydrogen (secondary N) is 1. The molecular formula is C33H54N2O8. The van der Waals surface area contributed by atoms with Gasteiger partial charge in [-0.05, 0) is 45.6 Å². The number of carbonyl (C=O) groups is 4. The van der Waals surface area contributed by atoms with Crippen LogP contribution in [0.2, 0.25) is 0 Å². The predicted octanol–water partition coefficient (Wildman–Crippen LogP) is 6.13. The molecular weight excluding hydrogens is 552 g/mol. The summed E-state index contributed by atoms with van der Waals surface area (Å²) in [6.07, 6.45) is 8.51. The average Bonchev–Trinajstić information content (AvgIpc) is 2.93. The number of ether oxygens (including phenoxy) is 4. The van der Waals surface area contributed by atoms with Crippen LogP contribution in [-0.2, 0) is 39.9 Å². The van der Waals surface area contributed by atoms with Gasteiger partial charge in [-0.15, -0.1) is 0 Å². The molecule has 2 amide bonds. The Morgan fingerprint density at radius 3 is 2.14 bits per heavy atom. The minimum Gasteiger partial charge on any atom is -0.461 e. The summed E-state index contributed by atoms with van der Waals surface area (Å²) in [5.41, 5.74) is 5.49. The van der Waals surface area contributed by atoms with Crippen LogP contribution in [0, 0.1) is 0 Å². The van der Waals surface area contributed by atoms with Gasteiger partial charge in [0, 0.05) is 19.4 Å². The Morgan fingerprint density at radius 1 is 0.860 bits per heavy atom. The molecule has 0 aliphatic rings. The first-order chi connectivity index (χ1) is 20.5. The number of carbonyl (C=O) groups excluding carboxylic acids is 4. The number of amides is 2. The Labute approximate surface area is 257 Å². The molecule has 0 saturated carbocycles. The maximum atomic E-state index is 13.1. The zero-order chi connectivity index (χ0) is 31.9. The number of alkyl carbamates (subject to hydrolysis) is 1. The lowest BCUT2D eigenvalue weighted by molar-refractivity contribution is -0.154. The first-order valence-electron chi connectivity index (χ1n) is 15.8. The fraction of sp³-hybridized carbons (Fsp3) is 0.697. The number of nitrogens with two attached hydrogens (primary N) is 1. The number of esters is 2. The Bertz CT molecular complexity index is 933. The molecule has 1 aromatic carbocycles. The van der Waals surface area contributed by atoms with Crippen molar-refractivity contribution in [1.29, 1.82) is 0 Å². The average molecular weight is 607 g/mol. The molecule has 0 spiro atoms. The molecule has 0 saturated heterocycles. The molecule has 0 aliphatic heterocycles. The summed E-state index contributed by atoms with van der Waals surface area (Å²) in [7, 11) is 0. The van der Waals surface area contributed by atoms with E-state index in [1.165, 1.54) is 38.5 Å². The van der Waals surface area contributed by atoms with Crippen LogP contribution in [0.15, 0.2) is 30.3 Å². The third-order valence-corrected chi connectivity index (χ3v) is 6.53. The highest BCUT2D eigenvalue weighted by atomic mass is 16.6. The first kappa shape index (κ1) is 37.9. The molecule has 0 aliphatic carbocycles. The van der Waals surface area contributed by atoms with Crippen molar-refractivity contribution in [2.24, 2.45) is 5.73 Å². The first-order valence-corrected chi connectivity index (χ1v) is 15.8. The van der Waals surface area contributed by atoms with Gasteiger partial charge in [-0.3, -0.25) is 9.59 Å². The van der Waals surface area contributed by atoms with Crippen LogP contribution in [0.25, 0.3) is 0 Å². The fourth-order valence-corrected chi connectivity index (χ4v) is 4.29. The number of primary amides is 1. The summed E-state index contributed by atoms with van der Waals surface area (Å²) >= 11 is 0. The van der Waals surface area contributed by atoms with E-state index in [1.807, 2.05) is 30.3 Å². The number of rotatable bonds is 23. The topological polar surface area (TPSA) is 143 Å². The van der Waals surface area contributed by atoms with Gasteiger partial charge in [-0.1, -0.05) is 82.2 Å². The van der Waals surface area contributed by atoms with E-state index >= 15 is 0 Å². The molecule has 0 radical (unpaired) electrons. The summed E-state index contributed by atoms with van der Waals surface area (Å²) < 4.78 is 21.9. The molecule has 1 rings (SSSR count). The summed E-state index contributed by atoms with van der Waals surface area (Å²) in [6, 6.07) is 8.21. The smallest absolute Gasteiger partial charge is 0.408 e. The number of unbranched alkanes of at least 4 members (excludes halogenated alkanes) is 7. The van der Waals surface area contributed by atoms with Crippen LogP contribution >= 0.6 is 0 Å². The van der Waals surface area contributed by atoms with Crippen molar-refractivity contribution >= 4 is 23.9 Å². The zero-order valence-corrected chi connectivity index (χ0v) is 26.7. The highest BCUT2D eigenvalue weighted by molar-refractivity contribution is 5.82. The molecule has 0 heterocycles. The van der Waals surface area contributed by atoms with Crippen molar-refractivity contribution in [2.45, 2.75) is 136 Å². The molecule has 244 valence electrons. The number of hydrogen-bond donors (Lipinski definition) is 2. The van der Waals surface area contributed by atoms with Crippen molar-refractivity contribution in [3.8, 4) is 0 Å². The molecule has 0 bridgehead atoms. The van der Waals surface area contributed by atoms with Crippen LogP contribution < -0.4 is 11.1 Å². The van der Waals surface area contributed by atoms with Gasteiger partial charge in [0.25, 0.3) is 0 Å². The van der Waals surface area contributed by atoms with Gasteiger partial charge in [-0.25, -0.2) is 9.59 Å². The predicted molar refractivity (Wildman–Crippen MR) is 165 cm³/mol. The lowest BCUT2D eigenvalue weighted by atomic mass is 10.1. The van der Waals surface area contributed by atoms with Gasteiger partial charge in [0.15, 0.2) is 0 Å². The number of hydrogen-bond acceptors (Lipinski definition) is 8. The molecule has 0 aromatic heterocycles. The van der Waals surface area contributed by atoms with Crippen LogP contribution in [0.3, 0.4) is 0 Å².